The Morgan fingerprint density at radius 1 is 1.13 bits per heavy atom. The van der Waals surface area contributed by atoms with E-state index in [9.17, 15) is 12.9 Å². The fraction of sp³-hybridized carbons (Fsp3) is 1.00. The predicted octanol–water partition coefficient (Wildman–Crippen LogP) is 1.59. The van der Waals surface area contributed by atoms with Crippen LogP contribution in [0.2, 0.25) is 5.82 Å². The molecule has 0 N–H and O–H groups in total. The van der Waals surface area contributed by atoms with Crippen LogP contribution in [0, 0.1) is 5.92 Å². The largest absolute Gasteiger partial charge is 1.00 e. The fourth-order valence-electron chi connectivity index (χ4n) is 2.56. The van der Waals surface area contributed by atoms with Gasteiger partial charge in [-0.1, -0.05) is 63.6 Å². The molecule has 0 aromatic heterocycles. The second-order valence-electron chi connectivity index (χ2n) is 4.48. The summed E-state index contributed by atoms with van der Waals surface area (Å²) in [5.41, 5.74) is 0. The van der Waals surface area contributed by atoms with Crippen molar-refractivity contribution in [2.75, 3.05) is 0 Å². The maximum atomic E-state index is 12.7. The molecule has 0 nitrogen and oxygen atoms in total. The van der Waals surface area contributed by atoms with Crippen LogP contribution in [0.4, 0.5) is 12.9 Å². The van der Waals surface area contributed by atoms with Gasteiger partial charge >= 0.3 is 58.4 Å². The van der Waals surface area contributed by atoms with Crippen molar-refractivity contribution in [1.82, 2.24) is 0 Å². The van der Waals surface area contributed by atoms with Crippen molar-refractivity contribution in [3.63, 3.8) is 0 Å². The van der Waals surface area contributed by atoms with Gasteiger partial charge in [-0.25, -0.2) is 0 Å². The van der Waals surface area contributed by atoms with Crippen LogP contribution in [-0.4, -0.2) is 6.98 Å². The SMILES string of the molecule is CCCC[C@@H]1CCCC[C@H]1[B-](F)(F)F.[K+]. The number of unbranched alkanes of at least 4 members (excludes halogenated alkanes) is 1. The van der Waals surface area contributed by atoms with Gasteiger partial charge in [0.05, 0.1) is 0 Å². The van der Waals surface area contributed by atoms with E-state index >= 15 is 0 Å². The van der Waals surface area contributed by atoms with Crippen LogP contribution >= 0.6 is 0 Å². The first-order chi connectivity index (χ1) is 6.55. The summed E-state index contributed by atoms with van der Waals surface area (Å²) in [5.74, 6) is -1.01. The summed E-state index contributed by atoms with van der Waals surface area (Å²) in [5, 5.41) is 0. The van der Waals surface area contributed by atoms with E-state index in [4.69, 9.17) is 0 Å². The van der Waals surface area contributed by atoms with Gasteiger partial charge in [0.25, 0.3) is 0 Å². The molecule has 5 heteroatoms. The third kappa shape index (κ3) is 5.57. The minimum Gasteiger partial charge on any atom is -0.449 e. The molecule has 15 heavy (non-hydrogen) atoms. The monoisotopic (exact) mass is 246 g/mol. The molecule has 0 amide bonds. The Labute approximate surface area is 133 Å². The summed E-state index contributed by atoms with van der Waals surface area (Å²) >= 11 is 0. The van der Waals surface area contributed by atoms with Gasteiger partial charge in [0.2, 0.25) is 0 Å². The fourth-order valence-corrected chi connectivity index (χ4v) is 2.56. The molecule has 1 saturated carbocycles. The standard InChI is InChI=1S/C10H19BF3.K/c1-2-3-6-9-7-4-5-8-10(9)11(12,13)14;/h9-10H,2-8H2,1H3;/q-1;+1/t9-,10-;/m1./s1. The molecule has 0 spiro atoms. The number of rotatable bonds is 4. The van der Waals surface area contributed by atoms with Crippen LogP contribution in [0.5, 0.6) is 0 Å². The van der Waals surface area contributed by atoms with Crippen LogP contribution in [0.15, 0.2) is 0 Å². The van der Waals surface area contributed by atoms with Crippen molar-refractivity contribution in [3.8, 4) is 0 Å². The molecule has 0 unspecified atom stereocenters. The Hall–Kier alpha value is 1.49. The van der Waals surface area contributed by atoms with Crippen molar-refractivity contribution in [2.45, 2.75) is 57.7 Å². The Bertz CT molecular complexity index is 173. The quantitative estimate of drug-likeness (QED) is 0.661. The van der Waals surface area contributed by atoms with Gasteiger partial charge < -0.3 is 12.9 Å². The minimum atomic E-state index is -4.59. The molecule has 1 fully saturated rings. The molecule has 0 radical (unpaired) electrons. The Morgan fingerprint density at radius 3 is 2.27 bits per heavy atom. The third-order valence-electron chi connectivity index (χ3n) is 3.38. The van der Waals surface area contributed by atoms with E-state index in [2.05, 4.69) is 0 Å². The zero-order valence-corrected chi connectivity index (χ0v) is 12.9. The molecule has 1 aliphatic rings. The first kappa shape index (κ1) is 16.5. The Balaban J connectivity index is 0.00000196. The number of hydrogen-bond acceptors (Lipinski definition) is 0. The van der Waals surface area contributed by atoms with Crippen molar-refractivity contribution >= 4 is 6.98 Å². The molecule has 84 valence electrons. The second-order valence-corrected chi connectivity index (χ2v) is 4.48. The first-order valence-electron chi connectivity index (χ1n) is 5.75. The van der Waals surface area contributed by atoms with E-state index in [1.807, 2.05) is 6.92 Å². The van der Waals surface area contributed by atoms with Crippen LogP contribution < -0.4 is 51.4 Å². The molecule has 0 aromatic rings. The zero-order valence-electron chi connectivity index (χ0n) is 9.82. The van der Waals surface area contributed by atoms with Crippen molar-refractivity contribution < 1.29 is 64.3 Å². The van der Waals surface area contributed by atoms with Crippen molar-refractivity contribution in [2.24, 2.45) is 5.92 Å². The predicted molar refractivity (Wildman–Crippen MR) is 54.3 cm³/mol. The normalized spacial score (nSPS) is 27.2. The number of halogens is 3. The molecule has 1 aliphatic carbocycles. The summed E-state index contributed by atoms with van der Waals surface area (Å²) in [6.45, 7) is -2.56. The molecule has 1 rings (SSSR count). The smallest absolute Gasteiger partial charge is 0.449 e. The molecular formula is C10H19BF3K. The van der Waals surface area contributed by atoms with Crippen LogP contribution in [0.1, 0.15) is 51.9 Å². The summed E-state index contributed by atoms with van der Waals surface area (Å²) in [7, 11) is 0. The molecule has 0 heterocycles. The van der Waals surface area contributed by atoms with E-state index in [0.29, 0.717) is 6.42 Å². The summed E-state index contributed by atoms with van der Waals surface area (Å²) in [4.78, 5) is 0. The van der Waals surface area contributed by atoms with Crippen LogP contribution in [0.25, 0.3) is 0 Å². The second kappa shape index (κ2) is 7.75. The van der Waals surface area contributed by atoms with Gasteiger partial charge in [0, 0.05) is 0 Å². The maximum Gasteiger partial charge on any atom is 1.00 e. The molecule has 0 aliphatic heterocycles. The van der Waals surface area contributed by atoms with Crippen LogP contribution in [-0.2, 0) is 0 Å². The molecule has 0 aromatic carbocycles. The average Bonchev–Trinajstić information content (AvgIpc) is 2.14. The summed E-state index contributed by atoms with van der Waals surface area (Å²) in [6, 6.07) is 0. The third-order valence-corrected chi connectivity index (χ3v) is 3.38. The average molecular weight is 246 g/mol. The topological polar surface area (TPSA) is 0 Å². The van der Waals surface area contributed by atoms with Gasteiger partial charge in [-0.15, -0.1) is 0 Å². The first-order valence-corrected chi connectivity index (χ1v) is 5.75. The van der Waals surface area contributed by atoms with Crippen LogP contribution in [0.3, 0.4) is 0 Å². The van der Waals surface area contributed by atoms with E-state index < -0.39 is 12.8 Å². The van der Waals surface area contributed by atoms with Gasteiger partial charge in [-0.05, 0) is 0 Å². The van der Waals surface area contributed by atoms with Gasteiger partial charge in [-0.3, -0.25) is 0 Å². The van der Waals surface area contributed by atoms with Crippen molar-refractivity contribution in [3.05, 3.63) is 0 Å². The zero-order chi connectivity index (χ0) is 10.6. The van der Waals surface area contributed by atoms with E-state index in [1.54, 1.807) is 0 Å². The molecule has 0 saturated heterocycles. The maximum absolute atomic E-state index is 12.7. The Kier molecular flexibility index (Phi) is 8.52. The molecule has 2 atom stereocenters. The van der Waals surface area contributed by atoms with E-state index in [0.717, 1.165) is 38.5 Å². The van der Waals surface area contributed by atoms with E-state index in [-0.39, 0.29) is 57.3 Å². The van der Waals surface area contributed by atoms with E-state index in [1.165, 1.54) is 0 Å². The molecule has 0 bridgehead atoms. The summed E-state index contributed by atoms with van der Waals surface area (Å²) < 4.78 is 38.0. The van der Waals surface area contributed by atoms with Gasteiger partial charge in [-0.2, -0.15) is 0 Å². The number of hydrogen-bond donors (Lipinski definition) is 0. The van der Waals surface area contributed by atoms with Crippen molar-refractivity contribution in [1.29, 1.82) is 0 Å². The summed E-state index contributed by atoms with van der Waals surface area (Å²) in [6.07, 6.45) is 5.69. The van der Waals surface area contributed by atoms with Gasteiger partial charge in [0.15, 0.2) is 0 Å². The Morgan fingerprint density at radius 2 is 1.73 bits per heavy atom. The molecular weight excluding hydrogens is 227 g/mol. The van der Waals surface area contributed by atoms with Gasteiger partial charge in [0.1, 0.15) is 0 Å². The minimum absolute atomic E-state index is 0.